The van der Waals surface area contributed by atoms with Gasteiger partial charge in [0.15, 0.2) is 12.5 Å². The van der Waals surface area contributed by atoms with Crippen molar-refractivity contribution in [1.82, 2.24) is 0 Å². The fourth-order valence-electron chi connectivity index (χ4n) is 4.34. The van der Waals surface area contributed by atoms with Crippen LogP contribution in [0.3, 0.4) is 0 Å². The summed E-state index contributed by atoms with van der Waals surface area (Å²) in [5.74, 6) is 0. The summed E-state index contributed by atoms with van der Waals surface area (Å²) in [5.41, 5.74) is 1.58. The summed E-state index contributed by atoms with van der Waals surface area (Å²) in [6.45, 7) is -1.33. The predicted molar refractivity (Wildman–Crippen MR) is 136 cm³/mol. The number of rotatable bonds is 8. The number of ether oxygens (including phenoxy) is 3. The van der Waals surface area contributed by atoms with Gasteiger partial charge in [-0.3, -0.25) is 0 Å². The molecule has 2 aromatic rings. The second-order valence-corrected chi connectivity index (χ2v) is 9.22. The maximum atomic E-state index is 12.2. The summed E-state index contributed by atoms with van der Waals surface area (Å²) in [4.78, 5) is 12.2. The number of benzene rings is 2. The first-order valence-electron chi connectivity index (χ1n) is 12.3. The molecular weight excluding hydrogens is 518 g/mol. The summed E-state index contributed by atoms with van der Waals surface area (Å²) in [6, 6.07) is 14.9. The number of carbonyl (C=O) groups is 1. The molecule has 214 valence electrons. The smallest absolute Gasteiger partial charge is 0.323 e. The molecule has 0 spiro atoms. The number of nitrogens with one attached hydrogen (secondary N) is 3. The van der Waals surface area contributed by atoms with Crippen LogP contribution in [-0.4, -0.2) is 116 Å². The van der Waals surface area contributed by atoms with Gasteiger partial charge in [0.25, 0.3) is 0 Å². The van der Waals surface area contributed by atoms with Gasteiger partial charge in [0.1, 0.15) is 48.8 Å². The van der Waals surface area contributed by atoms with Gasteiger partial charge in [0.05, 0.1) is 13.2 Å². The van der Waals surface area contributed by atoms with Crippen LogP contribution in [0, 0.1) is 0 Å². The molecule has 2 amide bonds. The number of hydrogen-bond donors (Lipinski definition) is 10. The maximum absolute atomic E-state index is 12.2. The van der Waals surface area contributed by atoms with E-state index in [1.54, 1.807) is 48.5 Å². The number of urea groups is 1. The number of amides is 2. The molecule has 0 bridgehead atoms. The van der Waals surface area contributed by atoms with Crippen LogP contribution in [0.1, 0.15) is 0 Å². The fraction of sp³-hybridized carbons (Fsp3) is 0.480. The van der Waals surface area contributed by atoms with Crippen LogP contribution in [0.15, 0.2) is 54.6 Å². The minimum absolute atomic E-state index is 0.438. The molecule has 14 nitrogen and oxygen atoms in total. The van der Waals surface area contributed by atoms with Crippen LogP contribution < -0.4 is 16.0 Å². The Labute approximate surface area is 223 Å². The van der Waals surface area contributed by atoms with Crippen molar-refractivity contribution in [3.8, 4) is 0 Å². The van der Waals surface area contributed by atoms with Crippen LogP contribution in [0.2, 0.25) is 0 Å². The SMILES string of the molecule is O=C(Nc1ccccc1)Nc1ccc(NC2OC(CO)C(OC3OC(CO)C(O)C(O)C3O)C(O)C2O)cc1. The van der Waals surface area contributed by atoms with Gasteiger partial charge in [-0.05, 0) is 36.4 Å². The van der Waals surface area contributed by atoms with E-state index in [0.29, 0.717) is 17.1 Å². The lowest BCUT2D eigenvalue weighted by molar-refractivity contribution is -0.340. The maximum Gasteiger partial charge on any atom is 0.323 e. The van der Waals surface area contributed by atoms with Crippen molar-refractivity contribution in [3.05, 3.63) is 54.6 Å². The molecular formula is C25H33N3O11. The molecule has 2 aliphatic rings. The van der Waals surface area contributed by atoms with Gasteiger partial charge >= 0.3 is 6.03 Å². The Morgan fingerprint density at radius 3 is 1.90 bits per heavy atom. The lowest BCUT2D eigenvalue weighted by Gasteiger charge is -2.46. The Morgan fingerprint density at radius 1 is 0.692 bits per heavy atom. The first-order chi connectivity index (χ1) is 18.7. The van der Waals surface area contributed by atoms with E-state index >= 15 is 0 Å². The molecule has 0 radical (unpaired) electrons. The molecule has 10 N–H and O–H groups in total. The van der Waals surface area contributed by atoms with Gasteiger partial charge in [-0.25, -0.2) is 4.79 Å². The van der Waals surface area contributed by atoms with Crippen LogP contribution in [-0.2, 0) is 14.2 Å². The fourth-order valence-corrected chi connectivity index (χ4v) is 4.34. The zero-order valence-electron chi connectivity index (χ0n) is 20.6. The highest BCUT2D eigenvalue weighted by atomic mass is 16.7. The van der Waals surface area contributed by atoms with Crippen molar-refractivity contribution in [1.29, 1.82) is 0 Å². The second-order valence-electron chi connectivity index (χ2n) is 9.22. The normalized spacial score (nSPS) is 34.7. The first kappa shape index (κ1) is 29.1. The van der Waals surface area contributed by atoms with Crippen molar-refractivity contribution in [2.24, 2.45) is 0 Å². The van der Waals surface area contributed by atoms with Crippen LogP contribution in [0.5, 0.6) is 0 Å². The number of carbonyl (C=O) groups excluding carboxylic acids is 1. The quantitative estimate of drug-likeness (QED) is 0.179. The van der Waals surface area contributed by atoms with E-state index < -0.39 is 80.6 Å². The largest absolute Gasteiger partial charge is 0.394 e. The molecule has 4 rings (SSSR count). The van der Waals surface area contributed by atoms with E-state index in [9.17, 15) is 40.5 Å². The average molecular weight is 552 g/mol. The lowest BCUT2D eigenvalue weighted by Crippen LogP contribution is -2.65. The first-order valence-corrected chi connectivity index (χ1v) is 12.3. The predicted octanol–water partition coefficient (Wildman–Crippen LogP) is -1.63. The minimum atomic E-state index is -1.75. The van der Waals surface area contributed by atoms with E-state index in [1.165, 1.54) is 0 Å². The Bertz CT molecular complexity index is 1060. The monoisotopic (exact) mass is 551 g/mol. The summed E-state index contributed by atoms with van der Waals surface area (Å²) < 4.78 is 16.5. The summed E-state index contributed by atoms with van der Waals surface area (Å²) in [6.07, 6.45) is -14.9. The average Bonchev–Trinajstić information content (AvgIpc) is 2.94. The molecule has 2 saturated heterocycles. The number of aliphatic hydroxyl groups excluding tert-OH is 7. The molecule has 2 aromatic carbocycles. The van der Waals surface area contributed by atoms with E-state index in [1.807, 2.05) is 6.07 Å². The van der Waals surface area contributed by atoms with Crippen molar-refractivity contribution in [3.63, 3.8) is 0 Å². The van der Waals surface area contributed by atoms with Crippen LogP contribution in [0.4, 0.5) is 21.9 Å². The topological polar surface area (TPSA) is 222 Å². The third kappa shape index (κ3) is 6.82. The van der Waals surface area contributed by atoms with E-state index in [4.69, 9.17) is 14.2 Å². The van der Waals surface area contributed by atoms with Crippen molar-refractivity contribution in [2.75, 3.05) is 29.2 Å². The molecule has 2 fully saturated rings. The number of aliphatic hydroxyl groups is 7. The van der Waals surface area contributed by atoms with E-state index in [-0.39, 0.29) is 0 Å². The van der Waals surface area contributed by atoms with Crippen LogP contribution >= 0.6 is 0 Å². The zero-order chi connectivity index (χ0) is 28.1. The highest BCUT2D eigenvalue weighted by Crippen LogP contribution is 2.30. The van der Waals surface area contributed by atoms with Gasteiger partial charge in [-0.2, -0.15) is 0 Å². The van der Waals surface area contributed by atoms with Crippen LogP contribution in [0.25, 0.3) is 0 Å². The molecule has 10 atom stereocenters. The summed E-state index contributed by atoms with van der Waals surface area (Å²) in [5, 5.41) is 79.1. The van der Waals surface area contributed by atoms with Crippen molar-refractivity contribution < 1.29 is 54.8 Å². The van der Waals surface area contributed by atoms with Gasteiger partial charge in [-0.1, -0.05) is 18.2 Å². The van der Waals surface area contributed by atoms with E-state index in [0.717, 1.165) is 0 Å². The Kier molecular flexibility index (Phi) is 9.68. The van der Waals surface area contributed by atoms with E-state index in [2.05, 4.69) is 16.0 Å². The molecule has 0 aliphatic carbocycles. The molecule has 2 aliphatic heterocycles. The van der Waals surface area contributed by atoms with Gasteiger partial charge < -0.3 is 65.9 Å². The van der Waals surface area contributed by atoms with Gasteiger partial charge in [0, 0.05) is 17.1 Å². The highest BCUT2D eigenvalue weighted by Gasteiger charge is 2.50. The van der Waals surface area contributed by atoms with Crippen molar-refractivity contribution in [2.45, 2.75) is 61.3 Å². The molecule has 14 heteroatoms. The second kappa shape index (κ2) is 13.0. The Morgan fingerprint density at radius 2 is 1.28 bits per heavy atom. The van der Waals surface area contributed by atoms with Gasteiger partial charge in [-0.15, -0.1) is 0 Å². The number of hydrogen-bond acceptors (Lipinski definition) is 12. The molecule has 39 heavy (non-hydrogen) atoms. The number of para-hydroxylation sites is 1. The minimum Gasteiger partial charge on any atom is -0.394 e. The summed E-state index contributed by atoms with van der Waals surface area (Å²) in [7, 11) is 0. The Balaban J connectivity index is 1.35. The molecule has 10 unspecified atom stereocenters. The highest BCUT2D eigenvalue weighted by molar-refractivity contribution is 5.99. The lowest BCUT2D eigenvalue weighted by atomic mass is 9.96. The molecule has 0 saturated carbocycles. The standard InChI is InChI=1S/C25H33N3O11/c29-10-15-17(31)18(32)21(35)24(38-15)39-22-16(11-30)37-23(20(34)19(22)33)26-13-6-8-14(9-7-13)28-25(36)27-12-4-2-1-3-5-12/h1-9,15-24,26,29-35H,10-11H2,(H2,27,28,36). The third-order valence-corrected chi connectivity index (χ3v) is 6.49. The summed E-state index contributed by atoms with van der Waals surface area (Å²) >= 11 is 0. The van der Waals surface area contributed by atoms with Gasteiger partial charge in [0.2, 0.25) is 0 Å². The number of anilines is 3. The Hall–Kier alpha value is -2.89. The molecule has 0 aromatic heterocycles. The molecule has 2 heterocycles. The third-order valence-electron chi connectivity index (χ3n) is 6.49. The zero-order valence-corrected chi connectivity index (χ0v) is 20.6. The van der Waals surface area contributed by atoms with Crippen molar-refractivity contribution >= 4 is 23.1 Å².